The highest BCUT2D eigenvalue weighted by molar-refractivity contribution is 5.78. The Kier molecular flexibility index (Phi) is 7.15. The molecular weight excluding hydrogens is 270 g/mol. The van der Waals surface area contributed by atoms with Gasteiger partial charge in [0.1, 0.15) is 0 Å². The maximum Gasteiger partial charge on any atom is 0.303 e. The highest BCUT2D eigenvalue weighted by Gasteiger charge is 2.36. The maximum atomic E-state index is 12.2. The molecule has 1 rings (SSSR count). The smallest absolute Gasteiger partial charge is 0.303 e. The quantitative estimate of drug-likeness (QED) is 0.642. The predicted molar refractivity (Wildman–Crippen MR) is 80.9 cm³/mol. The Morgan fingerprint density at radius 3 is 2.24 bits per heavy atom. The first kappa shape index (κ1) is 18.0. The van der Waals surface area contributed by atoms with Crippen molar-refractivity contribution in [3.8, 4) is 0 Å². The lowest BCUT2D eigenvalue weighted by Crippen LogP contribution is -2.42. The van der Waals surface area contributed by atoms with Crippen LogP contribution in [0.3, 0.4) is 0 Å². The normalized spacial score (nSPS) is 19.2. The molecule has 0 aliphatic heterocycles. The zero-order valence-electron chi connectivity index (χ0n) is 13.2. The van der Waals surface area contributed by atoms with Crippen molar-refractivity contribution in [2.75, 3.05) is 6.61 Å². The number of hydrogen-bond donors (Lipinski definition) is 3. The number of carbonyl (C=O) groups is 2. The summed E-state index contributed by atoms with van der Waals surface area (Å²) in [5, 5.41) is 21.3. The lowest BCUT2D eigenvalue weighted by Gasteiger charge is -2.36. The number of carbonyl (C=O) groups excluding carboxylic acids is 1. The van der Waals surface area contributed by atoms with Crippen molar-refractivity contribution >= 4 is 11.9 Å². The molecule has 21 heavy (non-hydrogen) atoms. The molecule has 0 aromatic heterocycles. The molecule has 0 radical (unpaired) electrons. The van der Waals surface area contributed by atoms with Crippen molar-refractivity contribution in [1.82, 2.24) is 5.32 Å². The molecule has 5 nitrogen and oxygen atoms in total. The van der Waals surface area contributed by atoms with Crippen molar-refractivity contribution in [2.45, 2.75) is 71.3 Å². The van der Waals surface area contributed by atoms with Gasteiger partial charge in [-0.05, 0) is 30.6 Å². The molecule has 1 saturated carbocycles. The van der Waals surface area contributed by atoms with E-state index in [-0.39, 0.29) is 31.4 Å². The molecule has 1 aliphatic carbocycles. The molecule has 1 amide bonds. The van der Waals surface area contributed by atoms with Crippen LogP contribution in [0.5, 0.6) is 0 Å². The van der Waals surface area contributed by atoms with Gasteiger partial charge in [0.25, 0.3) is 0 Å². The van der Waals surface area contributed by atoms with Gasteiger partial charge in [0.15, 0.2) is 0 Å². The van der Waals surface area contributed by atoms with Crippen molar-refractivity contribution in [3.05, 3.63) is 0 Å². The predicted octanol–water partition coefficient (Wildman–Crippen LogP) is 2.32. The highest BCUT2D eigenvalue weighted by Crippen LogP contribution is 2.42. The van der Waals surface area contributed by atoms with Crippen LogP contribution in [0.1, 0.15) is 65.2 Å². The molecule has 5 heteroatoms. The number of nitrogens with one attached hydrogen (secondary N) is 1. The van der Waals surface area contributed by atoms with Crippen LogP contribution in [0.25, 0.3) is 0 Å². The average Bonchev–Trinajstić information content (AvgIpc) is 2.37. The van der Waals surface area contributed by atoms with E-state index in [1.165, 1.54) is 0 Å². The van der Waals surface area contributed by atoms with Gasteiger partial charge in [-0.2, -0.15) is 0 Å². The van der Waals surface area contributed by atoms with Gasteiger partial charge in [0.05, 0.1) is 19.1 Å². The van der Waals surface area contributed by atoms with E-state index in [4.69, 9.17) is 5.11 Å². The van der Waals surface area contributed by atoms with E-state index >= 15 is 0 Å². The number of amides is 1. The first-order chi connectivity index (χ1) is 9.87. The van der Waals surface area contributed by atoms with Crippen LogP contribution in [-0.4, -0.2) is 34.7 Å². The summed E-state index contributed by atoms with van der Waals surface area (Å²) >= 11 is 0. The Labute approximate surface area is 127 Å². The van der Waals surface area contributed by atoms with Crippen molar-refractivity contribution in [2.24, 2.45) is 11.3 Å². The molecule has 0 heterocycles. The zero-order valence-corrected chi connectivity index (χ0v) is 13.2. The molecule has 122 valence electrons. The van der Waals surface area contributed by atoms with E-state index in [0.717, 1.165) is 38.5 Å². The Bertz CT molecular complexity index is 348. The van der Waals surface area contributed by atoms with Crippen LogP contribution in [0.4, 0.5) is 0 Å². The van der Waals surface area contributed by atoms with E-state index in [2.05, 4.69) is 5.32 Å². The third kappa shape index (κ3) is 6.46. The number of carboxylic acids is 1. The van der Waals surface area contributed by atoms with Crippen molar-refractivity contribution in [1.29, 1.82) is 0 Å². The van der Waals surface area contributed by atoms with Crippen LogP contribution < -0.4 is 5.32 Å². The number of aliphatic hydroxyl groups excluding tert-OH is 1. The van der Waals surface area contributed by atoms with Crippen molar-refractivity contribution < 1.29 is 19.8 Å². The second-order valence-electron chi connectivity index (χ2n) is 6.88. The fourth-order valence-corrected chi connectivity index (χ4v) is 3.41. The molecule has 0 bridgehead atoms. The van der Waals surface area contributed by atoms with Gasteiger partial charge in [-0.1, -0.05) is 33.1 Å². The lowest BCUT2D eigenvalue weighted by atomic mass is 9.69. The van der Waals surface area contributed by atoms with Crippen molar-refractivity contribution in [3.63, 3.8) is 0 Å². The summed E-state index contributed by atoms with van der Waals surface area (Å²) in [6.45, 7) is 4.01. The molecular formula is C16H29NO4. The van der Waals surface area contributed by atoms with Gasteiger partial charge in [0, 0.05) is 6.42 Å². The van der Waals surface area contributed by atoms with E-state index in [9.17, 15) is 14.7 Å². The zero-order chi connectivity index (χ0) is 15.9. The minimum atomic E-state index is -0.828. The summed E-state index contributed by atoms with van der Waals surface area (Å²) in [6.07, 6.45) is 5.78. The first-order valence-electron chi connectivity index (χ1n) is 7.99. The first-order valence-corrected chi connectivity index (χ1v) is 7.99. The van der Waals surface area contributed by atoms with Gasteiger partial charge in [-0.25, -0.2) is 0 Å². The second-order valence-corrected chi connectivity index (χ2v) is 6.88. The fourth-order valence-electron chi connectivity index (χ4n) is 3.41. The van der Waals surface area contributed by atoms with E-state index in [0.29, 0.717) is 5.92 Å². The number of rotatable bonds is 8. The molecule has 0 aromatic carbocycles. The van der Waals surface area contributed by atoms with Crippen LogP contribution in [-0.2, 0) is 9.59 Å². The highest BCUT2D eigenvalue weighted by atomic mass is 16.4. The fraction of sp³-hybridized carbons (Fsp3) is 0.875. The molecule has 0 aromatic rings. The summed E-state index contributed by atoms with van der Waals surface area (Å²) in [6, 6.07) is -0.233. The Balaban J connectivity index is 2.61. The summed E-state index contributed by atoms with van der Waals surface area (Å²) in [5.41, 5.74) is -0.397. The number of hydrogen-bond acceptors (Lipinski definition) is 3. The second kappa shape index (κ2) is 8.37. The van der Waals surface area contributed by atoms with E-state index in [1.54, 1.807) is 0 Å². The number of aliphatic carboxylic acids is 1. The monoisotopic (exact) mass is 299 g/mol. The van der Waals surface area contributed by atoms with Gasteiger partial charge < -0.3 is 15.5 Å². The standard InChI is InChI=1S/C16H29NO4/c1-12(2)8-13(11-18)17-14(19)9-16(10-15(20)21)6-4-3-5-7-16/h12-13,18H,3-11H2,1-2H3,(H,17,19)(H,20,21). The number of aliphatic hydroxyl groups is 1. The molecule has 1 unspecified atom stereocenters. The van der Waals surface area contributed by atoms with Gasteiger partial charge in [-0.15, -0.1) is 0 Å². The van der Waals surface area contributed by atoms with Crippen LogP contribution in [0, 0.1) is 11.3 Å². The number of carboxylic acid groups (broad SMARTS) is 1. The Morgan fingerprint density at radius 2 is 1.76 bits per heavy atom. The minimum absolute atomic E-state index is 0.0639. The largest absolute Gasteiger partial charge is 0.481 e. The topological polar surface area (TPSA) is 86.6 Å². The van der Waals surface area contributed by atoms with Gasteiger partial charge in [-0.3, -0.25) is 9.59 Å². The molecule has 1 fully saturated rings. The van der Waals surface area contributed by atoms with Crippen LogP contribution >= 0.6 is 0 Å². The van der Waals surface area contributed by atoms with Gasteiger partial charge >= 0.3 is 5.97 Å². The molecule has 1 atom stereocenters. The summed E-state index contributed by atoms with van der Waals surface area (Å²) < 4.78 is 0. The molecule has 0 spiro atoms. The van der Waals surface area contributed by atoms with E-state index < -0.39 is 11.4 Å². The molecule has 0 saturated heterocycles. The third-order valence-electron chi connectivity index (χ3n) is 4.32. The average molecular weight is 299 g/mol. The maximum absolute atomic E-state index is 12.2. The third-order valence-corrected chi connectivity index (χ3v) is 4.32. The lowest BCUT2D eigenvalue weighted by molar-refractivity contribution is -0.141. The summed E-state index contributed by atoms with van der Waals surface area (Å²) in [7, 11) is 0. The van der Waals surface area contributed by atoms with E-state index in [1.807, 2.05) is 13.8 Å². The molecule has 1 aliphatic rings. The SMILES string of the molecule is CC(C)CC(CO)NC(=O)CC1(CC(=O)O)CCCCC1. The summed E-state index contributed by atoms with van der Waals surface area (Å²) in [5.74, 6) is -0.562. The minimum Gasteiger partial charge on any atom is -0.481 e. The summed E-state index contributed by atoms with van der Waals surface area (Å²) in [4.78, 5) is 23.3. The van der Waals surface area contributed by atoms with Crippen LogP contribution in [0.2, 0.25) is 0 Å². The Morgan fingerprint density at radius 1 is 1.14 bits per heavy atom. The van der Waals surface area contributed by atoms with Gasteiger partial charge in [0.2, 0.25) is 5.91 Å². The molecule has 3 N–H and O–H groups in total. The Hall–Kier alpha value is -1.10. The van der Waals surface area contributed by atoms with Crippen LogP contribution in [0.15, 0.2) is 0 Å².